The van der Waals surface area contributed by atoms with Gasteiger partial charge >= 0.3 is 5.97 Å². The molecule has 0 heterocycles. The van der Waals surface area contributed by atoms with Crippen molar-refractivity contribution in [2.24, 2.45) is 5.73 Å². The summed E-state index contributed by atoms with van der Waals surface area (Å²) in [5, 5.41) is 1.32. The van der Waals surface area contributed by atoms with Gasteiger partial charge in [0.15, 0.2) is 0 Å². The molecule has 0 amide bonds. The van der Waals surface area contributed by atoms with E-state index in [0.717, 1.165) is 10.9 Å². The highest BCUT2D eigenvalue weighted by Gasteiger charge is 2.16. The van der Waals surface area contributed by atoms with Crippen molar-refractivity contribution in [2.45, 2.75) is 19.4 Å². The van der Waals surface area contributed by atoms with Gasteiger partial charge in [0.2, 0.25) is 0 Å². The standard InChI is InChI=1S/C15H16FNO2/c1-2-19-15(18)14(17)9-10-7-8-13(16)12-6-4-3-5-11(10)12/h3-8,14H,2,9,17H2,1H3/t14-/m0/s1. The number of esters is 1. The minimum atomic E-state index is -0.728. The van der Waals surface area contributed by atoms with Crippen LogP contribution in [-0.4, -0.2) is 18.6 Å². The molecule has 0 aromatic heterocycles. The molecule has 0 unspecified atom stereocenters. The summed E-state index contributed by atoms with van der Waals surface area (Å²) in [6.45, 7) is 2.04. The van der Waals surface area contributed by atoms with Gasteiger partial charge in [0.1, 0.15) is 11.9 Å². The zero-order chi connectivity index (χ0) is 13.8. The summed E-state index contributed by atoms with van der Waals surface area (Å²) in [5.74, 6) is -0.708. The first-order chi connectivity index (χ1) is 9.13. The van der Waals surface area contributed by atoms with E-state index in [9.17, 15) is 9.18 Å². The van der Waals surface area contributed by atoms with E-state index in [-0.39, 0.29) is 5.82 Å². The first-order valence-corrected chi connectivity index (χ1v) is 6.21. The van der Waals surface area contributed by atoms with Crippen LogP contribution in [0.15, 0.2) is 36.4 Å². The Labute approximate surface area is 111 Å². The van der Waals surface area contributed by atoms with Crippen molar-refractivity contribution in [3.05, 3.63) is 47.8 Å². The van der Waals surface area contributed by atoms with E-state index in [0.29, 0.717) is 18.4 Å². The van der Waals surface area contributed by atoms with Crippen molar-refractivity contribution >= 4 is 16.7 Å². The van der Waals surface area contributed by atoms with Gasteiger partial charge in [-0.15, -0.1) is 0 Å². The van der Waals surface area contributed by atoms with Crippen LogP contribution >= 0.6 is 0 Å². The van der Waals surface area contributed by atoms with Crippen molar-refractivity contribution in [3.8, 4) is 0 Å². The Balaban J connectivity index is 2.31. The lowest BCUT2D eigenvalue weighted by atomic mass is 9.99. The third kappa shape index (κ3) is 2.90. The fourth-order valence-corrected chi connectivity index (χ4v) is 2.07. The highest BCUT2D eigenvalue weighted by molar-refractivity contribution is 5.87. The molecule has 2 aromatic carbocycles. The highest BCUT2D eigenvalue weighted by Crippen LogP contribution is 2.22. The fourth-order valence-electron chi connectivity index (χ4n) is 2.07. The van der Waals surface area contributed by atoms with Crippen LogP contribution in [0.2, 0.25) is 0 Å². The van der Waals surface area contributed by atoms with Crippen LogP contribution in [0.1, 0.15) is 12.5 Å². The molecule has 0 radical (unpaired) electrons. The lowest BCUT2D eigenvalue weighted by Crippen LogP contribution is -2.34. The number of fused-ring (bicyclic) bond motifs is 1. The van der Waals surface area contributed by atoms with E-state index >= 15 is 0 Å². The van der Waals surface area contributed by atoms with Crippen molar-refractivity contribution in [1.82, 2.24) is 0 Å². The number of benzene rings is 2. The minimum Gasteiger partial charge on any atom is -0.465 e. The van der Waals surface area contributed by atoms with Crippen LogP contribution in [0, 0.1) is 5.82 Å². The third-order valence-corrected chi connectivity index (χ3v) is 2.99. The molecule has 3 nitrogen and oxygen atoms in total. The molecule has 2 N–H and O–H groups in total. The predicted octanol–water partition coefficient (Wildman–Crippen LogP) is 2.41. The zero-order valence-corrected chi connectivity index (χ0v) is 10.7. The van der Waals surface area contributed by atoms with Crippen LogP contribution in [0.3, 0.4) is 0 Å². The van der Waals surface area contributed by atoms with E-state index in [4.69, 9.17) is 10.5 Å². The van der Waals surface area contributed by atoms with Crippen LogP contribution < -0.4 is 5.73 Å². The molecule has 0 aliphatic rings. The number of rotatable bonds is 4. The Morgan fingerprint density at radius 2 is 1.95 bits per heavy atom. The second-order valence-electron chi connectivity index (χ2n) is 4.31. The maximum Gasteiger partial charge on any atom is 0.323 e. The fraction of sp³-hybridized carbons (Fsp3) is 0.267. The second-order valence-corrected chi connectivity index (χ2v) is 4.31. The first kappa shape index (κ1) is 13.5. The van der Waals surface area contributed by atoms with E-state index in [1.807, 2.05) is 12.1 Å². The molecule has 4 heteroatoms. The molecule has 19 heavy (non-hydrogen) atoms. The van der Waals surface area contributed by atoms with Gasteiger partial charge in [-0.1, -0.05) is 30.3 Å². The molecule has 0 aliphatic carbocycles. The average Bonchev–Trinajstić information content (AvgIpc) is 2.42. The van der Waals surface area contributed by atoms with Gasteiger partial charge in [0.25, 0.3) is 0 Å². The van der Waals surface area contributed by atoms with Crippen LogP contribution in [-0.2, 0) is 16.0 Å². The Bertz CT molecular complexity index is 598. The molecule has 0 spiro atoms. The second kappa shape index (κ2) is 5.80. The summed E-state index contributed by atoms with van der Waals surface area (Å²) >= 11 is 0. The van der Waals surface area contributed by atoms with Gasteiger partial charge < -0.3 is 10.5 Å². The first-order valence-electron chi connectivity index (χ1n) is 6.21. The monoisotopic (exact) mass is 261 g/mol. The maximum absolute atomic E-state index is 13.7. The SMILES string of the molecule is CCOC(=O)[C@@H](N)Cc1ccc(F)c2ccccc12. The quantitative estimate of drug-likeness (QED) is 0.860. The Morgan fingerprint density at radius 1 is 1.26 bits per heavy atom. The highest BCUT2D eigenvalue weighted by atomic mass is 19.1. The summed E-state index contributed by atoms with van der Waals surface area (Å²) in [7, 11) is 0. The van der Waals surface area contributed by atoms with Gasteiger partial charge in [-0.05, 0) is 30.4 Å². The molecule has 0 saturated carbocycles. The molecule has 0 bridgehead atoms. The van der Waals surface area contributed by atoms with E-state index in [2.05, 4.69) is 0 Å². The molecule has 1 atom stereocenters. The third-order valence-electron chi connectivity index (χ3n) is 2.99. The molecule has 100 valence electrons. The van der Waals surface area contributed by atoms with Crippen LogP contribution in [0.4, 0.5) is 4.39 Å². The number of nitrogens with two attached hydrogens (primary N) is 1. The summed E-state index contributed by atoms with van der Waals surface area (Å²) in [6, 6.07) is 9.48. The number of hydrogen-bond acceptors (Lipinski definition) is 3. The van der Waals surface area contributed by atoms with E-state index < -0.39 is 12.0 Å². The number of halogens is 1. The van der Waals surface area contributed by atoms with Crippen molar-refractivity contribution in [3.63, 3.8) is 0 Å². The normalized spacial score (nSPS) is 12.4. The molecule has 0 fully saturated rings. The maximum atomic E-state index is 13.7. The Morgan fingerprint density at radius 3 is 2.63 bits per heavy atom. The van der Waals surface area contributed by atoms with Gasteiger partial charge in [-0.3, -0.25) is 4.79 Å². The summed E-state index contributed by atoms with van der Waals surface area (Å²) < 4.78 is 18.5. The van der Waals surface area contributed by atoms with E-state index in [1.165, 1.54) is 6.07 Å². The molecule has 2 aromatic rings. The van der Waals surface area contributed by atoms with Gasteiger partial charge in [0.05, 0.1) is 6.61 Å². The Kier molecular flexibility index (Phi) is 4.12. The lowest BCUT2D eigenvalue weighted by Gasteiger charge is -2.12. The summed E-state index contributed by atoms with van der Waals surface area (Å²) in [4.78, 5) is 11.5. The topological polar surface area (TPSA) is 52.3 Å². The molecule has 2 rings (SSSR count). The van der Waals surface area contributed by atoms with Gasteiger partial charge in [-0.25, -0.2) is 4.39 Å². The van der Waals surface area contributed by atoms with E-state index in [1.54, 1.807) is 25.1 Å². The van der Waals surface area contributed by atoms with Gasteiger partial charge in [-0.2, -0.15) is 0 Å². The van der Waals surface area contributed by atoms with Crippen LogP contribution in [0.5, 0.6) is 0 Å². The van der Waals surface area contributed by atoms with Crippen molar-refractivity contribution < 1.29 is 13.9 Å². The number of ether oxygens (including phenoxy) is 1. The molecule has 0 saturated heterocycles. The summed E-state index contributed by atoms with van der Waals surface area (Å²) in [5.41, 5.74) is 6.64. The lowest BCUT2D eigenvalue weighted by molar-refractivity contribution is -0.144. The minimum absolute atomic E-state index is 0.274. The molecular weight excluding hydrogens is 245 g/mol. The van der Waals surface area contributed by atoms with Crippen molar-refractivity contribution in [2.75, 3.05) is 6.61 Å². The Hall–Kier alpha value is -1.94. The molecular formula is C15H16FNO2. The number of carbonyl (C=O) groups excluding carboxylic acids is 1. The van der Waals surface area contributed by atoms with Gasteiger partial charge in [0, 0.05) is 5.39 Å². The number of carbonyl (C=O) groups is 1. The van der Waals surface area contributed by atoms with Crippen molar-refractivity contribution in [1.29, 1.82) is 0 Å². The largest absolute Gasteiger partial charge is 0.465 e. The predicted molar refractivity (Wildman–Crippen MR) is 72.2 cm³/mol. The summed E-state index contributed by atoms with van der Waals surface area (Å²) in [6.07, 6.45) is 0.333. The average molecular weight is 261 g/mol. The smallest absolute Gasteiger partial charge is 0.323 e. The molecule has 0 aliphatic heterocycles. The number of hydrogen-bond donors (Lipinski definition) is 1. The zero-order valence-electron chi connectivity index (χ0n) is 10.7. The van der Waals surface area contributed by atoms with Crippen LogP contribution in [0.25, 0.3) is 10.8 Å².